The summed E-state index contributed by atoms with van der Waals surface area (Å²) in [6, 6.07) is 6.94. The van der Waals surface area contributed by atoms with Crippen molar-refractivity contribution in [2.45, 2.75) is 33.1 Å². The summed E-state index contributed by atoms with van der Waals surface area (Å²) >= 11 is 0. The van der Waals surface area contributed by atoms with E-state index in [0.29, 0.717) is 25.3 Å². The van der Waals surface area contributed by atoms with Crippen LogP contribution < -0.4 is 15.4 Å². The van der Waals surface area contributed by atoms with E-state index in [9.17, 15) is 14.4 Å². The molecule has 6 heteroatoms. The van der Waals surface area contributed by atoms with E-state index >= 15 is 0 Å². The van der Waals surface area contributed by atoms with Crippen LogP contribution in [0.5, 0.6) is 5.75 Å². The number of hydrogen-bond donors (Lipinski definition) is 2. The van der Waals surface area contributed by atoms with E-state index in [1.165, 1.54) is 6.92 Å². The van der Waals surface area contributed by atoms with Crippen LogP contribution >= 0.6 is 0 Å². The van der Waals surface area contributed by atoms with Crippen LogP contribution in [0.2, 0.25) is 0 Å². The fraction of sp³-hybridized carbons (Fsp3) is 0.471. The number of nitrogens with one attached hydrogen (secondary N) is 2. The molecule has 0 aliphatic carbocycles. The molecule has 1 rings (SSSR count). The minimum absolute atomic E-state index is 0.0796. The number of hydrogen-bond acceptors (Lipinski definition) is 4. The average Bonchev–Trinajstić information content (AvgIpc) is 2.55. The molecule has 2 amide bonds. The molecule has 0 unspecified atom stereocenters. The van der Waals surface area contributed by atoms with Gasteiger partial charge in [0, 0.05) is 38.4 Å². The molecule has 23 heavy (non-hydrogen) atoms. The molecule has 1 aromatic carbocycles. The molecule has 126 valence electrons. The summed E-state index contributed by atoms with van der Waals surface area (Å²) in [5.74, 6) is 0.315. The van der Waals surface area contributed by atoms with Gasteiger partial charge in [0.15, 0.2) is 5.78 Å². The summed E-state index contributed by atoms with van der Waals surface area (Å²) in [5, 5.41) is 5.23. The van der Waals surface area contributed by atoms with Gasteiger partial charge in [-0.3, -0.25) is 14.4 Å². The number of carbonyl (C=O) groups is 3. The molecular formula is C17H24N2O4. The normalized spacial score (nSPS) is 10.0. The first-order chi connectivity index (χ1) is 11.0. The lowest BCUT2D eigenvalue weighted by atomic mass is 10.1. The number of ether oxygens (including phenoxy) is 1. The minimum atomic E-state index is -0.202. The third kappa shape index (κ3) is 7.99. The fourth-order valence-corrected chi connectivity index (χ4v) is 1.86. The van der Waals surface area contributed by atoms with Crippen LogP contribution in [0.25, 0.3) is 0 Å². The highest BCUT2D eigenvalue weighted by atomic mass is 16.5. The van der Waals surface area contributed by atoms with E-state index in [4.69, 9.17) is 4.74 Å². The Bertz CT molecular complexity index is 526. The summed E-state index contributed by atoms with van der Waals surface area (Å²) in [6.07, 6.45) is 1.21. The predicted molar refractivity (Wildman–Crippen MR) is 87.5 cm³/mol. The topological polar surface area (TPSA) is 84.5 Å². The van der Waals surface area contributed by atoms with Gasteiger partial charge in [0.2, 0.25) is 11.8 Å². The Balaban J connectivity index is 2.29. The van der Waals surface area contributed by atoms with Gasteiger partial charge in [-0.15, -0.1) is 0 Å². The lowest BCUT2D eigenvalue weighted by Crippen LogP contribution is -2.33. The standard InChI is InChI=1S/C17H24N2O4/c1-3-12-23-15-6-4-14(5-7-15)16(21)8-9-17(22)19-11-10-18-13(2)20/h4-7H,3,8-12H2,1-2H3,(H,18,20)(H,19,22). The fourth-order valence-electron chi connectivity index (χ4n) is 1.86. The number of amides is 2. The number of carbonyl (C=O) groups excluding carboxylic acids is 3. The van der Waals surface area contributed by atoms with Crippen molar-refractivity contribution in [1.29, 1.82) is 0 Å². The maximum atomic E-state index is 12.0. The van der Waals surface area contributed by atoms with Crippen molar-refractivity contribution in [3.8, 4) is 5.75 Å². The number of ketones is 1. The van der Waals surface area contributed by atoms with Gasteiger partial charge in [0.1, 0.15) is 5.75 Å². The summed E-state index contributed by atoms with van der Waals surface area (Å²) in [4.78, 5) is 34.3. The SMILES string of the molecule is CCCOc1ccc(C(=O)CCC(=O)NCCNC(C)=O)cc1. The van der Waals surface area contributed by atoms with Gasteiger partial charge in [-0.05, 0) is 30.7 Å². The van der Waals surface area contributed by atoms with Crippen LogP contribution in [0.4, 0.5) is 0 Å². The molecule has 6 nitrogen and oxygen atoms in total. The van der Waals surface area contributed by atoms with Crippen LogP contribution in [0.15, 0.2) is 24.3 Å². The molecule has 0 aliphatic rings. The zero-order chi connectivity index (χ0) is 17.1. The van der Waals surface area contributed by atoms with E-state index in [1.54, 1.807) is 24.3 Å². The highest BCUT2D eigenvalue weighted by Crippen LogP contribution is 2.14. The van der Waals surface area contributed by atoms with Crippen LogP contribution in [0.1, 0.15) is 43.5 Å². The van der Waals surface area contributed by atoms with Crippen molar-refractivity contribution < 1.29 is 19.1 Å². The highest BCUT2D eigenvalue weighted by Gasteiger charge is 2.09. The van der Waals surface area contributed by atoms with Gasteiger partial charge >= 0.3 is 0 Å². The molecule has 0 bridgehead atoms. The van der Waals surface area contributed by atoms with Crippen LogP contribution in [-0.2, 0) is 9.59 Å². The molecule has 0 spiro atoms. The van der Waals surface area contributed by atoms with Crippen molar-refractivity contribution in [3.05, 3.63) is 29.8 Å². The van der Waals surface area contributed by atoms with Gasteiger partial charge in [0.05, 0.1) is 6.61 Å². The summed E-state index contributed by atoms with van der Waals surface area (Å²) in [7, 11) is 0. The van der Waals surface area contributed by atoms with Crippen molar-refractivity contribution in [2.75, 3.05) is 19.7 Å². The molecule has 1 aromatic rings. The van der Waals surface area contributed by atoms with Crippen molar-refractivity contribution in [3.63, 3.8) is 0 Å². The molecule has 0 saturated carbocycles. The van der Waals surface area contributed by atoms with E-state index < -0.39 is 0 Å². The first-order valence-corrected chi connectivity index (χ1v) is 7.80. The minimum Gasteiger partial charge on any atom is -0.494 e. The van der Waals surface area contributed by atoms with E-state index in [2.05, 4.69) is 10.6 Å². The number of benzene rings is 1. The van der Waals surface area contributed by atoms with Gasteiger partial charge in [-0.1, -0.05) is 6.92 Å². The Labute approximate surface area is 136 Å². The van der Waals surface area contributed by atoms with E-state index in [1.807, 2.05) is 6.92 Å². The molecule has 0 saturated heterocycles. The van der Waals surface area contributed by atoms with Gasteiger partial charge in [-0.2, -0.15) is 0 Å². The third-order valence-corrected chi connectivity index (χ3v) is 3.05. The Hall–Kier alpha value is -2.37. The first kappa shape index (κ1) is 18.7. The summed E-state index contributed by atoms with van der Waals surface area (Å²) in [5.41, 5.74) is 0.569. The molecule has 0 aromatic heterocycles. The van der Waals surface area contributed by atoms with E-state index in [0.717, 1.165) is 12.2 Å². The first-order valence-electron chi connectivity index (χ1n) is 7.80. The maximum absolute atomic E-state index is 12.0. The number of rotatable bonds is 10. The third-order valence-electron chi connectivity index (χ3n) is 3.05. The molecule has 0 atom stereocenters. The largest absolute Gasteiger partial charge is 0.494 e. The maximum Gasteiger partial charge on any atom is 0.220 e. The lowest BCUT2D eigenvalue weighted by molar-refractivity contribution is -0.122. The van der Waals surface area contributed by atoms with Crippen molar-refractivity contribution >= 4 is 17.6 Å². The molecular weight excluding hydrogens is 296 g/mol. The number of Topliss-reactive ketones (excluding diaryl/α,β-unsaturated/α-hetero) is 1. The Morgan fingerprint density at radius 3 is 2.26 bits per heavy atom. The molecule has 0 radical (unpaired) electrons. The molecule has 0 heterocycles. The lowest BCUT2D eigenvalue weighted by Gasteiger charge is -2.07. The van der Waals surface area contributed by atoms with Gasteiger partial charge < -0.3 is 15.4 Å². The van der Waals surface area contributed by atoms with Crippen molar-refractivity contribution in [1.82, 2.24) is 10.6 Å². The van der Waals surface area contributed by atoms with Crippen LogP contribution in [0, 0.1) is 0 Å². The van der Waals surface area contributed by atoms with Crippen molar-refractivity contribution in [2.24, 2.45) is 0 Å². The molecule has 0 fully saturated rings. The summed E-state index contributed by atoms with van der Waals surface area (Å²) < 4.78 is 5.45. The van der Waals surface area contributed by atoms with Gasteiger partial charge in [-0.25, -0.2) is 0 Å². The average molecular weight is 320 g/mol. The van der Waals surface area contributed by atoms with Gasteiger partial charge in [0.25, 0.3) is 0 Å². The van der Waals surface area contributed by atoms with Crippen LogP contribution in [0.3, 0.4) is 0 Å². The smallest absolute Gasteiger partial charge is 0.220 e. The quantitative estimate of drug-likeness (QED) is 0.507. The van der Waals surface area contributed by atoms with E-state index in [-0.39, 0.29) is 30.4 Å². The zero-order valence-electron chi connectivity index (χ0n) is 13.7. The second-order valence-electron chi connectivity index (χ2n) is 5.13. The summed E-state index contributed by atoms with van der Waals surface area (Å²) in [6.45, 7) is 4.83. The second kappa shape index (κ2) is 10.4. The highest BCUT2D eigenvalue weighted by molar-refractivity contribution is 5.98. The zero-order valence-corrected chi connectivity index (χ0v) is 13.7. The Kier molecular flexibility index (Phi) is 8.42. The predicted octanol–water partition coefficient (Wildman–Crippen LogP) is 1.69. The Morgan fingerprint density at radius 2 is 1.65 bits per heavy atom. The molecule has 0 aliphatic heterocycles. The van der Waals surface area contributed by atoms with Crippen LogP contribution in [-0.4, -0.2) is 37.3 Å². The second-order valence-corrected chi connectivity index (χ2v) is 5.13. The Morgan fingerprint density at radius 1 is 1.00 bits per heavy atom. The monoisotopic (exact) mass is 320 g/mol. The molecule has 2 N–H and O–H groups in total.